The van der Waals surface area contributed by atoms with E-state index < -0.39 is 12.0 Å². The van der Waals surface area contributed by atoms with Gasteiger partial charge in [-0.15, -0.1) is 0 Å². The maximum Gasteiger partial charge on any atom is 0.196 e. The number of nitrogens with one attached hydrogen (secondary N) is 1. The molecule has 0 amide bonds. The van der Waals surface area contributed by atoms with Crippen molar-refractivity contribution in [1.29, 1.82) is 0 Å². The lowest BCUT2D eigenvalue weighted by atomic mass is 10.1. The van der Waals surface area contributed by atoms with Crippen molar-refractivity contribution in [2.75, 3.05) is 5.32 Å². The molecule has 2 aromatic heterocycles. The van der Waals surface area contributed by atoms with E-state index in [1.165, 1.54) is 0 Å². The zero-order valence-electron chi connectivity index (χ0n) is 14.1. The SMILES string of the molecule is Cc1nc(N[C@@H](Cc2ccccc2)C(=O)[O-])c2oc3ccccc3c2n1. The molecule has 0 unspecified atom stereocenters. The largest absolute Gasteiger partial charge is 0.548 e. The number of para-hydroxylation sites is 1. The molecule has 2 aromatic carbocycles. The fourth-order valence-electron chi connectivity index (χ4n) is 3.01. The molecule has 0 spiro atoms. The molecule has 0 aliphatic carbocycles. The standard InChI is InChI=1S/C20H17N3O3/c1-12-21-17-14-9-5-6-10-16(14)26-18(17)19(22-12)23-15(20(24)25)11-13-7-3-2-4-8-13/h2-10,15H,11H2,1H3,(H,24,25)(H,21,22,23)/p-1/t15-/m0/s1. The van der Waals surface area contributed by atoms with Crippen LogP contribution in [0.25, 0.3) is 22.1 Å². The van der Waals surface area contributed by atoms with Gasteiger partial charge in [0.25, 0.3) is 0 Å². The predicted octanol–water partition coefficient (Wildman–Crippen LogP) is 2.46. The number of rotatable bonds is 5. The Hall–Kier alpha value is -3.41. The fraction of sp³-hybridized carbons (Fsp3) is 0.150. The Bertz CT molecular complexity index is 1090. The summed E-state index contributed by atoms with van der Waals surface area (Å²) in [7, 11) is 0. The number of aliphatic carboxylic acids is 1. The number of aryl methyl sites for hydroxylation is 1. The molecule has 4 rings (SSSR count). The van der Waals surface area contributed by atoms with Crippen molar-refractivity contribution >= 4 is 33.9 Å². The molecular formula is C20H16N3O3-. The van der Waals surface area contributed by atoms with E-state index in [2.05, 4.69) is 15.3 Å². The lowest BCUT2D eigenvalue weighted by Crippen LogP contribution is -2.42. The third-order valence-corrected chi connectivity index (χ3v) is 4.21. The molecule has 26 heavy (non-hydrogen) atoms. The number of hydrogen-bond donors (Lipinski definition) is 1. The van der Waals surface area contributed by atoms with Gasteiger partial charge in [-0.2, -0.15) is 0 Å². The van der Waals surface area contributed by atoms with Crippen molar-refractivity contribution in [3.05, 3.63) is 66.0 Å². The summed E-state index contributed by atoms with van der Waals surface area (Å²) >= 11 is 0. The lowest BCUT2D eigenvalue weighted by molar-refractivity contribution is -0.306. The van der Waals surface area contributed by atoms with Gasteiger partial charge in [0.1, 0.15) is 16.9 Å². The summed E-state index contributed by atoms with van der Waals surface area (Å²) in [6, 6.07) is 16.0. The number of carbonyl (C=O) groups excluding carboxylic acids is 1. The average molecular weight is 346 g/mol. The minimum Gasteiger partial charge on any atom is -0.548 e. The molecule has 0 radical (unpaired) electrons. The molecule has 130 valence electrons. The number of carboxylic acid groups (broad SMARTS) is 1. The molecule has 1 atom stereocenters. The van der Waals surface area contributed by atoms with E-state index in [9.17, 15) is 9.90 Å². The molecule has 6 heteroatoms. The zero-order chi connectivity index (χ0) is 18.1. The highest BCUT2D eigenvalue weighted by molar-refractivity contribution is 6.05. The van der Waals surface area contributed by atoms with Gasteiger partial charge in [0, 0.05) is 5.39 Å². The number of nitrogens with zero attached hydrogens (tertiary/aromatic N) is 2. The van der Waals surface area contributed by atoms with E-state index in [0.717, 1.165) is 10.9 Å². The monoisotopic (exact) mass is 346 g/mol. The molecular weight excluding hydrogens is 330 g/mol. The van der Waals surface area contributed by atoms with E-state index in [1.807, 2.05) is 54.6 Å². The first-order valence-corrected chi connectivity index (χ1v) is 8.29. The number of fused-ring (bicyclic) bond motifs is 3. The first-order chi connectivity index (χ1) is 12.6. The highest BCUT2D eigenvalue weighted by Crippen LogP contribution is 2.31. The number of aromatic nitrogens is 2. The van der Waals surface area contributed by atoms with E-state index in [0.29, 0.717) is 28.3 Å². The van der Waals surface area contributed by atoms with Crippen LogP contribution < -0.4 is 10.4 Å². The van der Waals surface area contributed by atoms with Crippen molar-refractivity contribution in [3.63, 3.8) is 0 Å². The van der Waals surface area contributed by atoms with Gasteiger partial charge in [0.2, 0.25) is 0 Å². The van der Waals surface area contributed by atoms with Gasteiger partial charge in [-0.05, 0) is 31.0 Å². The van der Waals surface area contributed by atoms with Crippen LogP contribution in [-0.2, 0) is 11.2 Å². The van der Waals surface area contributed by atoms with Gasteiger partial charge in [-0.3, -0.25) is 0 Å². The summed E-state index contributed by atoms with van der Waals surface area (Å²) in [5.74, 6) is -0.313. The smallest absolute Gasteiger partial charge is 0.196 e. The molecule has 0 aliphatic rings. The molecule has 1 N–H and O–H groups in total. The molecule has 0 bridgehead atoms. The van der Waals surface area contributed by atoms with Crippen LogP contribution in [0.3, 0.4) is 0 Å². The second-order valence-corrected chi connectivity index (χ2v) is 6.10. The number of hydrogen-bond acceptors (Lipinski definition) is 6. The normalized spacial score (nSPS) is 12.3. The van der Waals surface area contributed by atoms with Crippen LogP contribution in [0.15, 0.2) is 59.0 Å². The number of carboxylic acids is 1. The summed E-state index contributed by atoms with van der Waals surface area (Å²) < 4.78 is 5.87. The topological polar surface area (TPSA) is 91.1 Å². The van der Waals surface area contributed by atoms with Gasteiger partial charge >= 0.3 is 0 Å². The van der Waals surface area contributed by atoms with Crippen molar-refractivity contribution < 1.29 is 14.3 Å². The lowest BCUT2D eigenvalue weighted by Gasteiger charge is -2.20. The Morgan fingerprint density at radius 2 is 1.85 bits per heavy atom. The Labute approximate surface area is 149 Å². The molecule has 0 fully saturated rings. The fourth-order valence-corrected chi connectivity index (χ4v) is 3.01. The second kappa shape index (κ2) is 6.48. The Morgan fingerprint density at radius 3 is 2.62 bits per heavy atom. The van der Waals surface area contributed by atoms with E-state index >= 15 is 0 Å². The zero-order valence-corrected chi connectivity index (χ0v) is 14.1. The van der Waals surface area contributed by atoms with Crippen molar-refractivity contribution in [2.45, 2.75) is 19.4 Å². The summed E-state index contributed by atoms with van der Waals surface area (Å²) in [5, 5.41) is 15.5. The number of anilines is 1. The first-order valence-electron chi connectivity index (χ1n) is 8.29. The Kier molecular flexibility index (Phi) is 4.01. The maximum absolute atomic E-state index is 11.7. The van der Waals surface area contributed by atoms with Gasteiger partial charge < -0.3 is 19.6 Å². The number of furan rings is 1. The number of carbonyl (C=O) groups is 1. The molecule has 0 aliphatic heterocycles. The van der Waals surface area contributed by atoms with Gasteiger partial charge in [-0.1, -0.05) is 42.5 Å². The van der Waals surface area contributed by atoms with Crippen LogP contribution in [0.1, 0.15) is 11.4 Å². The highest BCUT2D eigenvalue weighted by atomic mass is 16.4. The minimum absolute atomic E-state index is 0.272. The predicted molar refractivity (Wildman–Crippen MR) is 96.6 cm³/mol. The third kappa shape index (κ3) is 2.97. The van der Waals surface area contributed by atoms with E-state index in [1.54, 1.807) is 6.92 Å². The molecule has 0 saturated heterocycles. The van der Waals surface area contributed by atoms with Crippen LogP contribution in [0.2, 0.25) is 0 Å². The second-order valence-electron chi connectivity index (χ2n) is 6.10. The van der Waals surface area contributed by atoms with Crippen LogP contribution >= 0.6 is 0 Å². The average Bonchev–Trinajstić information content (AvgIpc) is 3.01. The third-order valence-electron chi connectivity index (χ3n) is 4.21. The molecule has 0 saturated carbocycles. The molecule has 4 aromatic rings. The Morgan fingerprint density at radius 1 is 1.12 bits per heavy atom. The number of benzene rings is 2. The van der Waals surface area contributed by atoms with Gasteiger partial charge in [0.05, 0.1) is 12.0 Å². The highest BCUT2D eigenvalue weighted by Gasteiger charge is 2.18. The van der Waals surface area contributed by atoms with Crippen molar-refractivity contribution in [2.24, 2.45) is 0 Å². The molecule has 2 heterocycles. The van der Waals surface area contributed by atoms with Crippen LogP contribution in [-0.4, -0.2) is 22.0 Å². The Balaban J connectivity index is 1.76. The van der Waals surface area contributed by atoms with Crippen LogP contribution in [0, 0.1) is 6.92 Å². The van der Waals surface area contributed by atoms with Crippen LogP contribution in [0.4, 0.5) is 5.82 Å². The first kappa shape index (κ1) is 16.1. The van der Waals surface area contributed by atoms with Crippen LogP contribution in [0.5, 0.6) is 0 Å². The van der Waals surface area contributed by atoms with Crippen molar-refractivity contribution in [1.82, 2.24) is 9.97 Å². The van der Waals surface area contributed by atoms with E-state index in [-0.39, 0.29) is 6.42 Å². The minimum atomic E-state index is -1.20. The summed E-state index contributed by atoms with van der Waals surface area (Å²) in [6.45, 7) is 1.76. The molecule has 6 nitrogen and oxygen atoms in total. The summed E-state index contributed by atoms with van der Waals surface area (Å²) in [6.07, 6.45) is 0.272. The summed E-state index contributed by atoms with van der Waals surface area (Å²) in [5.41, 5.74) is 2.67. The quantitative estimate of drug-likeness (QED) is 0.597. The summed E-state index contributed by atoms with van der Waals surface area (Å²) in [4.78, 5) is 20.5. The maximum atomic E-state index is 11.7. The van der Waals surface area contributed by atoms with Crippen molar-refractivity contribution in [3.8, 4) is 0 Å². The van der Waals surface area contributed by atoms with Gasteiger partial charge in [0.15, 0.2) is 11.4 Å². The van der Waals surface area contributed by atoms with E-state index in [4.69, 9.17) is 4.42 Å². The van der Waals surface area contributed by atoms with Gasteiger partial charge in [-0.25, -0.2) is 9.97 Å².